The summed E-state index contributed by atoms with van der Waals surface area (Å²) in [5, 5.41) is 12.5. The SMILES string of the molecule is C=C.CC(O)C[C@@H]1CCCCN1.CCCl. The maximum atomic E-state index is 9.06. The summed E-state index contributed by atoms with van der Waals surface area (Å²) in [5.41, 5.74) is 0. The highest BCUT2D eigenvalue weighted by Gasteiger charge is 2.13. The molecule has 0 radical (unpaired) electrons. The molecule has 3 heteroatoms. The monoisotopic (exact) mass is 235 g/mol. The quantitative estimate of drug-likeness (QED) is 0.570. The van der Waals surface area contributed by atoms with Crippen LogP contribution in [0.2, 0.25) is 0 Å². The molecule has 0 bridgehead atoms. The van der Waals surface area contributed by atoms with E-state index in [0.29, 0.717) is 6.04 Å². The second-order valence-corrected chi connectivity index (χ2v) is 4.03. The van der Waals surface area contributed by atoms with E-state index in [2.05, 4.69) is 18.5 Å². The molecule has 0 aromatic carbocycles. The molecule has 0 saturated carbocycles. The van der Waals surface area contributed by atoms with E-state index in [-0.39, 0.29) is 6.10 Å². The van der Waals surface area contributed by atoms with E-state index >= 15 is 0 Å². The number of alkyl halides is 1. The van der Waals surface area contributed by atoms with Gasteiger partial charge in [0.2, 0.25) is 0 Å². The summed E-state index contributed by atoms with van der Waals surface area (Å²) < 4.78 is 0. The average molecular weight is 236 g/mol. The molecule has 1 fully saturated rings. The first kappa shape index (κ1) is 17.3. The first-order chi connectivity index (χ1) is 7.20. The second kappa shape index (κ2) is 13.9. The Morgan fingerprint density at radius 3 is 2.33 bits per heavy atom. The van der Waals surface area contributed by atoms with Gasteiger partial charge in [0, 0.05) is 11.9 Å². The summed E-state index contributed by atoms with van der Waals surface area (Å²) >= 11 is 5.00. The van der Waals surface area contributed by atoms with E-state index in [0.717, 1.165) is 18.8 Å². The molecule has 1 unspecified atom stereocenters. The van der Waals surface area contributed by atoms with Crippen LogP contribution >= 0.6 is 11.6 Å². The lowest BCUT2D eigenvalue weighted by Crippen LogP contribution is -2.36. The molecular formula is C12H26ClNO. The van der Waals surface area contributed by atoms with Crippen molar-refractivity contribution in [2.75, 3.05) is 12.4 Å². The molecule has 1 aliphatic heterocycles. The highest BCUT2D eigenvalue weighted by molar-refractivity contribution is 6.17. The van der Waals surface area contributed by atoms with Crippen molar-refractivity contribution in [2.24, 2.45) is 0 Å². The highest BCUT2D eigenvalue weighted by atomic mass is 35.5. The van der Waals surface area contributed by atoms with Crippen molar-refractivity contribution in [3.63, 3.8) is 0 Å². The lowest BCUT2D eigenvalue weighted by Gasteiger charge is -2.24. The maximum absolute atomic E-state index is 9.06. The summed E-state index contributed by atoms with van der Waals surface area (Å²) in [6.07, 6.45) is 4.64. The van der Waals surface area contributed by atoms with Crippen LogP contribution in [0.25, 0.3) is 0 Å². The fourth-order valence-corrected chi connectivity index (χ4v) is 1.54. The fourth-order valence-electron chi connectivity index (χ4n) is 1.54. The van der Waals surface area contributed by atoms with Crippen LogP contribution in [0.1, 0.15) is 39.5 Å². The van der Waals surface area contributed by atoms with E-state index < -0.39 is 0 Å². The molecule has 0 aliphatic carbocycles. The van der Waals surface area contributed by atoms with Crippen molar-refractivity contribution in [3.05, 3.63) is 13.2 Å². The van der Waals surface area contributed by atoms with Crippen LogP contribution in [-0.2, 0) is 0 Å². The molecule has 1 rings (SSSR count). The number of hydrogen-bond donors (Lipinski definition) is 2. The predicted molar refractivity (Wildman–Crippen MR) is 69.6 cm³/mol. The number of aliphatic hydroxyl groups excluding tert-OH is 1. The lowest BCUT2D eigenvalue weighted by molar-refractivity contribution is 0.160. The van der Waals surface area contributed by atoms with Crippen LogP contribution in [-0.4, -0.2) is 29.7 Å². The van der Waals surface area contributed by atoms with Crippen molar-refractivity contribution in [3.8, 4) is 0 Å². The van der Waals surface area contributed by atoms with Gasteiger partial charge in [-0.15, -0.1) is 24.8 Å². The smallest absolute Gasteiger partial charge is 0.0526 e. The summed E-state index contributed by atoms with van der Waals surface area (Å²) in [7, 11) is 0. The van der Waals surface area contributed by atoms with Gasteiger partial charge in [0.05, 0.1) is 6.10 Å². The first-order valence-electron chi connectivity index (χ1n) is 5.68. The van der Waals surface area contributed by atoms with Crippen LogP contribution in [0.3, 0.4) is 0 Å². The van der Waals surface area contributed by atoms with Crippen molar-refractivity contribution in [1.82, 2.24) is 5.32 Å². The number of rotatable bonds is 2. The molecule has 15 heavy (non-hydrogen) atoms. The molecular weight excluding hydrogens is 210 g/mol. The Morgan fingerprint density at radius 1 is 1.47 bits per heavy atom. The Bertz CT molecular complexity index is 114. The van der Waals surface area contributed by atoms with Gasteiger partial charge in [-0.1, -0.05) is 13.3 Å². The predicted octanol–water partition coefficient (Wildman–Crippen LogP) is 2.95. The van der Waals surface area contributed by atoms with E-state index in [9.17, 15) is 0 Å². The second-order valence-electron chi connectivity index (χ2n) is 3.50. The zero-order chi connectivity index (χ0) is 12.1. The molecule has 0 aromatic rings. The number of halogens is 1. The van der Waals surface area contributed by atoms with Crippen LogP contribution in [0.4, 0.5) is 0 Å². The van der Waals surface area contributed by atoms with Gasteiger partial charge >= 0.3 is 0 Å². The van der Waals surface area contributed by atoms with Crippen molar-refractivity contribution in [1.29, 1.82) is 0 Å². The van der Waals surface area contributed by atoms with Gasteiger partial charge in [0.25, 0.3) is 0 Å². The first-order valence-corrected chi connectivity index (χ1v) is 6.21. The molecule has 2 nitrogen and oxygen atoms in total. The van der Waals surface area contributed by atoms with E-state index in [1.54, 1.807) is 0 Å². The normalized spacial score (nSPS) is 21.5. The molecule has 92 valence electrons. The van der Waals surface area contributed by atoms with E-state index in [1.807, 2.05) is 13.8 Å². The Balaban J connectivity index is 0. The zero-order valence-electron chi connectivity index (χ0n) is 10.1. The summed E-state index contributed by atoms with van der Waals surface area (Å²) in [4.78, 5) is 0. The van der Waals surface area contributed by atoms with Crippen LogP contribution in [0, 0.1) is 0 Å². The minimum Gasteiger partial charge on any atom is -0.393 e. The average Bonchev–Trinajstić information content (AvgIpc) is 2.22. The van der Waals surface area contributed by atoms with Crippen molar-refractivity contribution in [2.45, 2.75) is 51.7 Å². The lowest BCUT2D eigenvalue weighted by atomic mass is 10.00. The zero-order valence-corrected chi connectivity index (χ0v) is 10.9. The topological polar surface area (TPSA) is 32.3 Å². The largest absolute Gasteiger partial charge is 0.393 e. The summed E-state index contributed by atoms with van der Waals surface area (Å²) in [5.74, 6) is 0.722. The minimum absolute atomic E-state index is 0.143. The number of hydrogen-bond acceptors (Lipinski definition) is 2. The molecule has 0 amide bonds. The number of nitrogens with one attached hydrogen (secondary N) is 1. The van der Waals surface area contributed by atoms with Gasteiger partial charge in [-0.25, -0.2) is 0 Å². The van der Waals surface area contributed by atoms with Crippen molar-refractivity contribution >= 4 is 11.6 Å². The fraction of sp³-hybridized carbons (Fsp3) is 0.833. The van der Waals surface area contributed by atoms with Crippen LogP contribution in [0.15, 0.2) is 13.2 Å². The van der Waals surface area contributed by atoms with Gasteiger partial charge in [-0.05, 0) is 32.7 Å². The van der Waals surface area contributed by atoms with Gasteiger partial charge in [0.15, 0.2) is 0 Å². The third kappa shape index (κ3) is 14.0. The third-order valence-electron chi connectivity index (χ3n) is 2.04. The molecule has 0 aromatic heterocycles. The molecule has 0 spiro atoms. The van der Waals surface area contributed by atoms with E-state index in [1.165, 1.54) is 19.3 Å². The molecule has 1 heterocycles. The summed E-state index contributed by atoms with van der Waals surface area (Å²) in [6, 6.07) is 0.578. The van der Waals surface area contributed by atoms with Gasteiger partial charge < -0.3 is 10.4 Å². The van der Waals surface area contributed by atoms with Gasteiger partial charge in [-0.3, -0.25) is 0 Å². The standard InChI is InChI=1S/C8H17NO.C2H5Cl.C2H4/c1-7(10)6-8-4-2-3-5-9-8;1-2-3;1-2/h7-10H,2-6H2,1H3;2H2,1H3;1-2H2/t7?,8-;;/m0../s1. The van der Waals surface area contributed by atoms with Gasteiger partial charge in [-0.2, -0.15) is 0 Å². The molecule has 1 aliphatic rings. The molecule has 1 saturated heterocycles. The van der Waals surface area contributed by atoms with Crippen molar-refractivity contribution < 1.29 is 5.11 Å². The van der Waals surface area contributed by atoms with E-state index in [4.69, 9.17) is 16.7 Å². The molecule has 2 N–H and O–H groups in total. The Hall–Kier alpha value is -0.0500. The molecule has 2 atom stereocenters. The van der Waals surface area contributed by atoms with Crippen LogP contribution in [0.5, 0.6) is 0 Å². The number of aliphatic hydroxyl groups is 1. The Morgan fingerprint density at radius 2 is 2.00 bits per heavy atom. The third-order valence-corrected chi connectivity index (χ3v) is 2.04. The highest BCUT2D eigenvalue weighted by Crippen LogP contribution is 2.11. The maximum Gasteiger partial charge on any atom is 0.0526 e. The Kier molecular flexibility index (Phi) is 16.1. The minimum atomic E-state index is -0.143. The Labute approximate surface area is 99.7 Å². The number of piperidine rings is 1. The van der Waals surface area contributed by atoms with Gasteiger partial charge in [0.1, 0.15) is 0 Å². The summed E-state index contributed by atoms with van der Waals surface area (Å²) in [6.45, 7) is 10.9. The van der Waals surface area contributed by atoms with Crippen LogP contribution < -0.4 is 5.32 Å².